The molecule has 0 radical (unpaired) electrons. The van der Waals surface area contributed by atoms with Crippen LogP contribution in [0.3, 0.4) is 0 Å². The van der Waals surface area contributed by atoms with E-state index >= 15 is 0 Å². The molecule has 0 saturated heterocycles. The van der Waals surface area contributed by atoms with E-state index in [9.17, 15) is 9.18 Å². The lowest BCUT2D eigenvalue weighted by Gasteiger charge is -2.05. The molecular weight excluding hydrogens is 283 g/mol. The van der Waals surface area contributed by atoms with Crippen molar-refractivity contribution in [3.63, 3.8) is 0 Å². The molecule has 0 amide bonds. The van der Waals surface area contributed by atoms with Crippen LogP contribution in [0.1, 0.15) is 10.5 Å². The van der Waals surface area contributed by atoms with Gasteiger partial charge in [-0.15, -0.1) is 5.10 Å². The van der Waals surface area contributed by atoms with Crippen molar-refractivity contribution >= 4 is 11.8 Å². The van der Waals surface area contributed by atoms with Crippen molar-refractivity contribution in [2.45, 2.75) is 0 Å². The highest BCUT2D eigenvalue weighted by Crippen LogP contribution is 2.28. The van der Waals surface area contributed by atoms with Crippen LogP contribution in [0, 0.1) is 5.82 Å². The lowest BCUT2D eigenvalue weighted by atomic mass is 10.1. The first-order chi connectivity index (χ1) is 10.1. The number of halogens is 1. The van der Waals surface area contributed by atoms with E-state index in [1.807, 2.05) is 0 Å². The highest BCUT2D eigenvalue weighted by Gasteiger charge is 2.26. The fourth-order valence-electron chi connectivity index (χ4n) is 1.81. The van der Waals surface area contributed by atoms with Gasteiger partial charge < -0.3 is 10.8 Å². The van der Waals surface area contributed by atoms with E-state index in [0.717, 1.165) is 4.68 Å². The molecule has 3 aromatic rings. The van der Waals surface area contributed by atoms with Crippen molar-refractivity contribution in [2.24, 2.45) is 0 Å². The molecule has 2 heterocycles. The fraction of sp³-hybridized carbons (Fsp3) is 0. The predicted molar refractivity (Wildman–Crippen MR) is 66.0 cm³/mol. The molecule has 2 aromatic heterocycles. The molecule has 3 rings (SSSR count). The normalized spacial score (nSPS) is 10.7. The molecule has 3 N–H and O–H groups in total. The summed E-state index contributed by atoms with van der Waals surface area (Å²) in [6.07, 6.45) is 0. The summed E-state index contributed by atoms with van der Waals surface area (Å²) in [6, 6.07) is 5.59. The quantitative estimate of drug-likeness (QED) is 0.721. The topological polar surface area (TPSA) is 133 Å². The van der Waals surface area contributed by atoms with Gasteiger partial charge in [-0.1, -0.05) is 17.3 Å². The van der Waals surface area contributed by atoms with Gasteiger partial charge in [-0.3, -0.25) is 0 Å². The van der Waals surface area contributed by atoms with Gasteiger partial charge >= 0.3 is 5.97 Å². The third kappa shape index (κ3) is 1.98. The number of rotatable bonds is 3. The van der Waals surface area contributed by atoms with Crippen LogP contribution in [0.2, 0.25) is 0 Å². The number of aromatic nitrogens is 5. The number of hydrogen-bond acceptors (Lipinski definition) is 7. The molecule has 0 fully saturated rings. The molecule has 0 bridgehead atoms. The van der Waals surface area contributed by atoms with Gasteiger partial charge in [0.15, 0.2) is 5.69 Å². The van der Waals surface area contributed by atoms with Gasteiger partial charge in [-0.05, 0) is 22.4 Å². The van der Waals surface area contributed by atoms with Gasteiger partial charge in [0.25, 0.3) is 0 Å². The standard InChI is InChI=1S/C11H7FN6O3/c12-6-4-2-1-3-5(6)8-7(11(19)20)14-17-18(8)10-9(13)15-21-16-10/h1-4H,(H2,13,15)(H,19,20). The zero-order valence-corrected chi connectivity index (χ0v) is 10.3. The monoisotopic (exact) mass is 290 g/mol. The smallest absolute Gasteiger partial charge is 0.358 e. The summed E-state index contributed by atoms with van der Waals surface area (Å²) in [7, 11) is 0. The molecule has 0 aliphatic rings. The number of nitrogens with zero attached hydrogens (tertiary/aromatic N) is 5. The first-order valence-corrected chi connectivity index (χ1v) is 5.62. The minimum atomic E-state index is -1.37. The third-order valence-corrected chi connectivity index (χ3v) is 2.70. The SMILES string of the molecule is Nc1nonc1-n1nnc(C(=O)O)c1-c1ccccc1F. The Morgan fingerprint density at radius 1 is 1.33 bits per heavy atom. The van der Waals surface area contributed by atoms with Gasteiger partial charge in [0.2, 0.25) is 11.6 Å². The van der Waals surface area contributed by atoms with Crippen LogP contribution < -0.4 is 5.73 Å². The highest BCUT2D eigenvalue weighted by molar-refractivity contribution is 5.93. The van der Waals surface area contributed by atoms with Crippen molar-refractivity contribution in [3.05, 3.63) is 35.8 Å². The van der Waals surface area contributed by atoms with Gasteiger partial charge in [0.1, 0.15) is 11.5 Å². The molecule has 10 heteroatoms. The second-order valence-corrected chi connectivity index (χ2v) is 3.96. The number of carboxylic acids is 1. The molecule has 0 unspecified atom stereocenters. The minimum Gasteiger partial charge on any atom is -0.476 e. The number of aromatic carboxylic acids is 1. The molecule has 0 spiro atoms. The molecule has 1 aromatic carbocycles. The van der Waals surface area contributed by atoms with E-state index in [4.69, 9.17) is 10.8 Å². The van der Waals surface area contributed by atoms with Crippen LogP contribution in [-0.2, 0) is 0 Å². The summed E-state index contributed by atoms with van der Waals surface area (Å²) in [5.41, 5.74) is 4.98. The van der Waals surface area contributed by atoms with E-state index < -0.39 is 17.5 Å². The lowest BCUT2D eigenvalue weighted by Crippen LogP contribution is -2.06. The van der Waals surface area contributed by atoms with E-state index in [2.05, 4.69) is 25.3 Å². The first-order valence-electron chi connectivity index (χ1n) is 5.62. The van der Waals surface area contributed by atoms with Crippen molar-refractivity contribution in [2.75, 3.05) is 5.73 Å². The largest absolute Gasteiger partial charge is 0.476 e. The van der Waals surface area contributed by atoms with Gasteiger partial charge in [-0.25, -0.2) is 13.8 Å². The van der Waals surface area contributed by atoms with E-state index in [-0.39, 0.29) is 22.9 Å². The number of anilines is 1. The maximum absolute atomic E-state index is 14.0. The Morgan fingerprint density at radius 3 is 2.71 bits per heavy atom. The van der Waals surface area contributed by atoms with Crippen molar-refractivity contribution in [1.29, 1.82) is 0 Å². The average molecular weight is 290 g/mol. The second-order valence-electron chi connectivity index (χ2n) is 3.96. The summed E-state index contributed by atoms with van der Waals surface area (Å²) in [5.74, 6) is -2.21. The molecule has 106 valence electrons. The Balaban J connectivity index is 2.32. The maximum atomic E-state index is 14.0. The summed E-state index contributed by atoms with van der Waals surface area (Å²) in [4.78, 5) is 11.2. The lowest BCUT2D eigenvalue weighted by molar-refractivity contribution is 0.0691. The van der Waals surface area contributed by atoms with Crippen LogP contribution in [0.5, 0.6) is 0 Å². The summed E-state index contributed by atoms with van der Waals surface area (Å²) < 4.78 is 19.4. The second kappa shape index (κ2) is 4.67. The average Bonchev–Trinajstić information content (AvgIpc) is 3.05. The van der Waals surface area contributed by atoms with Crippen LogP contribution in [0.4, 0.5) is 10.2 Å². The number of carboxylic acid groups (broad SMARTS) is 1. The van der Waals surface area contributed by atoms with Crippen molar-refractivity contribution < 1.29 is 18.9 Å². The Morgan fingerprint density at radius 2 is 2.10 bits per heavy atom. The Labute approximate surface area is 115 Å². The Hall–Kier alpha value is -3.30. The summed E-state index contributed by atoms with van der Waals surface area (Å²) in [6.45, 7) is 0. The van der Waals surface area contributed by atoms with Gasteiger partial charge in [0, 0.05) is 5.56 Å². The predicted octanol–water partition coefficient (Wildman–Crippen LogP) is 0.737. The molecule has 0 saturated carbocycles. The van der Waals surface area contributed by atoms with Crippen LogP contribution in [0.25, 0.3) is 17.1 Å². The third-order valence-electron chi connectivity index (χ3n) is 2.70. The summed E-state index contributed by atoms with van der Waals surface area (Å²) in [5, 5.41) is 23.2. The zero-order valence-electron chi connectivity index (χ0n) is 10.3. The zero-order chi connectivity index (χ0) is 15.0. The molecule has 9 nitrogen and oxygen atoms in total. The first kappa shape index (κ1) is 12.7. The van der Waals surface area contributed by atoms with E-state index in [0.29, 0.717) is 0 Å². The van der Waals surface area contributed by atoms with Crippen LogP contribution in [0.15, 0.2) is 28.9 Å². The molecule has 0 aliphatic carbocycles. The Bertz CT molecular complexity index is 827. The Kier molecular flexibility index (Phi) is 2.83. The van der Waals surface area contributed by atoms with Gasteiger partial charge in [0.05, 0.1) is 0 Å². The fourth-order valence-corrected chi connectivity index (χ4v) is 1.81. The van der Waals surface area contributed by atoms with Gasteiger partial charge in [-0.2, -0.15) is 4.68 Å². The van der Waals surface area contributed by atoms with Crippen LogP contribution >= 0.6 is 0 Å². The highest BCUT2D eigenvalue weighted by atomic mass is 19.1. The number of benzene rings is 1. The minimum absolute atomic E-state index is 0.0118. The maximum Gasteiger partial charge on any atom is 0.358 e. The number of carbonyl (C=O) groups is 1. The summed E-state index contributed by atoms with van der Waals surface area (Å²) >= 11 is 0. The molecule has 0 atom stereocenters. The van der Waals surface area contributed by atoms with Crippen molar-refractivity contribution in [3.8, 4) is 17.1 Å². The molecule has 0 aliphatic heterocycles. The number of nitrogen functional groups attached to an aromatic ring is 1. The molecule has 21 heavy (non-hydrogen) atoms. The van der Waals surface area contributed by atoms with E-state index in [1.54, 1.807) is 6.07 Å². The van der Waals surface area contributed by atoms with Crippen molar-refractivity contribution in [1.82, 2.24) is 25.3 Å². The van der Waals surface area contributed by atoms with E-state index in [1.165, 1.54) is 18.2 Å². The van der Waals surface area contributed by atoms with Crippen LogP contribution in [-0.4, -0.2) is 36.4 Å². The number of hydrogen-bond donors (Lipinski definition) is 2. The molecular formula is C11H7FN6O3. The number of nitrogens with two attached hydrogens (primary N) is 1.